The number of anilines is 1. The van der Waals surface area contributed by atoms with Crippen molar-refractivity contribution < 1.29 is 9.53 Å². The number of carbonyl (C=O) groups is 1. The second-order valence-electron chi connectivity index (χ2n) is 5.85. The normalized spacial score (nSPS) is 10.9. The van der Waals surface area contributed by atoms with Crippen molar-refractivity contribution in [2.24, 2.45) is 5.10 Å². The van der Waals surface area contributed by atoms with E-state index < -0.39 is 0 Å². The van der Waals surface area contributed by atoms with Gasteiger partial charge in [-0.15, -0.1) is 10.2 Å². The van der Waals surface area contributed by atoms with Gasteiger partial charge in [-0.25, -0.2) is 5.43 Å². The minimum Gasteiger partial charge on any atom is -0.489 e. The van der Waals surface area contributed by atoms with Crippen molar-refractivity contribution in [1.82, 2.24) is 15.6 Å². The lowest BCUT2D eigenvalue weighted by molar-refractivity contribution is -0.120. The Balaban J connectivity index is 1.46. The smallest absolute Gasteiger partial charge is 0.247 e. The summed E-state index contributed by atoms with van der Waals surface area (Å²) in [5.74, 6) is 0.492. The molecule has 0 aliphatic rings. The summed E-state index contributed by atoms with van der Waals surface area (Å²) in [6.07, 6.45) is 1.66. The molecule has 0 saturated heterocycles. The Morgan fingerprint density at radius 3 is 2.59 bits per heavy atom. The van der Waals surface area contributed by atoms with Crippen molar-refractivity contribution in [2.45, 2.75) is 20.0 Å². The van der Waals surface area contributed by atoms with Crippen molar-refractivity contribution >= 4 is 28.6 Å². The summed E-state index contributed by atoms with van der Waals surface area (Å²) in [5, 5.41) is 12.3. The number of benzene rings is 2. The first-order chi connectivity index (χ1) is 13.1. The number of nitrogen functional groups attached to an aromatic ring is 1. The number of nitrogens with zero attached hydrogens (tertiary/aromatic N) is 3. The number of hydrazone groups is 1. The molecule has 27 heavy (non-hydrogen) atoms. The molecule has 8 heteroatoms. The minimum absolute atomic E-state index is 0.0952. The van der Waals surface area contributed by atoms with E-state index in [0.29, 0.717) is 16.7 Å². The van der Waals surface area contributed by atoms with E-state index in [0.717, 1.165) is 16.9 Å². The summed E-state index contributed by atoms with van der Waals surface area (Å²) in [7, 11) is 0. The van der Waals surface area contributed by atoms with Gasteiger partial charge in [-0.2, -0.15) is 5.10 Å². The fourth-order valence-electron chi connectivity index (χ4n) is 2.19. The number of hydrogen-bond acceptors (Lipinski definition) is 7. The van der Waals surface area contributed by atoms with Crippen LogP contribution in [0.3, 0.4) is 0 Å². The van der Waals surface area contributed by atoms with Crippen molar-refractivity contribution in [2.75, 3.05) is 5.73 Å². The molecular weight excluding hydrogens is 362 g/mol. The third kappa shape index (κ3) is 5.89. The van der Waals surface area contributed by atoms with E-state index >= 15 is 0 Å². The Labute approximate surface area is 160 Å². The van der Waals surface area contributed by atoms with Crippen LogP contribution in [0, 0.1) is 6.92 Å². The van der Waals surface area contributed by atoms with E-state index in [1.807, 2.05) is 24.3 Å². The maximum atomic E-state index is 11.8. The molecule has 2 aromatic carbocycles. The number of aryl methyl sites for hydroxylation is 1. The van der Waals surface area contributed by atoms with Crippen LogP contribution in [-0.2, 0) is 17.8 Å². The number of carbonyl (C=O) groups excluding carboxylic acids is 1. The fourth-order valence-corrected chi connectivity index (χ4v) is 2.80. The van der Waals surface area contributed by atoms with Gasteiger partial charge in [0.15, 0.2) is 0 Å². The molecule has 0 fully saturated rings. The van der Waals surface area contributed by atoms with Crippen LogP contribution in [0.25, 0.3) is 0 Å². The van der Waals surface area contributed by atoms with Crippen LogP contribution in [0.2, 0.25) is 0 Å². The summed E-state index contributed by atoms with van der Waals surface area (Å²) in [5.41, 5.74) is 11.1. The Morgan fingerprint density at radius 1 is 1.19 bits per heavy atom. The lowest BCUT2D eigenvalue weighted by atomic mass is 10.2. The van der Waals surface area contributed by atoms with E-state index in [-0.39, 0.29) is 12.3 Å². The molecule has 0 bridgehead atoms. The summed E-state index contributed by atoms with van der Waals surface area (Å²) >= 11 is 1.18. The third-order valence-corrected chi connectivity index (χ3v) is 4.36. The molecule has 1 heterocycles. The van der Waals surface area contributed by atoms with Crippen LogP contribution in [0.15, 0.2) is 53.6 Å². The van der Waals surface area contributed by atoms with E-state index in [4.69, 9.17) is 10.5 Å². The number of hydrogen-bond donors (Lipinski definition) is 2. The Bertz CT molecular complexity index is 920. The Kier molecular flexibility index (Phi) is 6.11. The highest BCUT2D eigenvalue weighted by atomic mass is 32.1. The Hall–Kier alpha value is -3.26. The van der Waals surface area contributed by atoms with Crippen LogP contribution in [0.1, 0.15) is 21.7 Å². The summed E-state index contributed by atoms with van der Waals surface area (Å²) in [4.78, 5) is 11.8. The zero-order valence-electron chi connectivity index (χ0n) is 14.8. The molecule has 0 radical (unpaired) electrons. The SMILES string of the molecule is Cc1ccc(COc2ccc(/C=N/NC(=O)Cc3nnc(N)s3)cc2)cc1. The first kappa shape index (κ1) is 18.5. The number of ether oxygens (including phenoxy) is 1. The van der Waals surface area contributed by atoms with Crippen molar-refractivity contribution in [1.29, 1.82) is 0 Å². The molecule has 0 atom stereocenters. The van der Waals surface area contributed by atoms with Crippen LogP contribution in [0.5, 0.6) is 5.75 Å². The highest BCUT2D eigenvalue weighted by Gasteiger charge is 2.07. The van der Waals surface area contributed by atoms with E-state index in [1.54, 1.807) is 6.21 Å². The molecule has 0 spiro atoms. The van der Waals surface area contributed by atoms with Gasteiger partial charge in [-0.3, -0.25) is 4.79 Å². The summed E-state index contributed by atoms with van der Waals surface area (Å²) in [6, 6.07) is 15.7. The molecule has 1 amide bonds. The van der Waals surface area contributed by atoms with Gasteiger partial charge >= 0.3 is 0 Å². The molecule has 138 valence electrons. The number of amides is 1. The van der Waals surface area contributed by atoms with Gasteiger partial charge in [0, 0.05) is 0 Å². The van der Waals surface area contributed by atoms with Crippen LogP contribution in [-0.4, -0.2) is 22.3 Å². The molecule has 0 unspecified atom stereocenters. The van der Waals surface area contributed by atoms with Gasteiger partial charge < -0.3 is 10.5 Å². The molecule has 7 nitrogen and oxygen atoms in total. The number of rotatable bonds is 7. The van der Waals surface area contributed by atoms with Crippen molar-refractivity contribution in [3.8, 4) is 5.75 Å². The van der Waals surface area contributed by atoms with Crippen molar-refractivity contribution in [3.05, 3.63) is 70.2 Å². The molecule has 0 aliphatic carbocycles. The predicted molar refractivity (Wildman–Crippen MR) is 106 cm³/mol. The zero-order chi connectivity index (χ0) is 19.1. The summed E-state index contributed by atoms with van der Waals surface area (Å²) in [6.45, 7) is 2.57. The molecule has 1 aromatic heterocycles. The molecule has 3 rings (SSSR count). The molecule has 0 saturated carbocycles. The zero-order valence-corrected chi connectivity index (χ0v) is 15.6. The second kappa shape index (κ2) is 8.91. The number of aromatic nitrogens is 2. The number of nitrogens with one attached hydrogen (secondary N) is 1. The van der Waals surface area contributed by atoms with E-state index in [2.05, 4.69) is 51.9 Å². The van der Waals surface area contributed by atoms with Gasteiger partial charge in [-0.05, 0) is 42.3 Å². The highest BCUT2D eigenvalue weighted by molar-refractivity contribution is 7.15. The van der Waals surface area contributed by atoms with E-state index in [9.17, 15) is 4.79 Å². The lowest BCUT2D eigenvalue weighted by Gasteiger charge is -2.06. The Morgan fingerprint density at radius 2 is 1.93 bits per heavy atom. The topological polar surface area (TPSA) is 102 Å². The predicted octanol–water partition coefficient (Wildman–Crippen LogP) is 2.70. The first-order valence-corrected chi connectivity index (χ1v) is 9.08. The first-order valence-electron chi connectivity index (χ1n) is 8.26. The van der Waals surface area contributed by atoms with Gasteiger partial charge in [-0.1, -0.05) is 41.2 Å². The quantitative estimate of drug-likeness (QED) is 0.484. The second-order valence-corrected chi connectivity index (χ2v) is 6.94. The standard InChI is InChI=1S/C19H19N5O2S/c1-13-2-4-15(5-3-13)12-26-16-8-6-14(7-9-16)11-21-22-17(25)10-18-23-24-19(20)27-18/h2-9,11H,10,12H2,1H3,(H2,20,24)(H,22,25)/b21-11+. The molecule has 0 aliphatic heterocycles. The lowest BCUT2D eigenvalue weighted by Crippen LogP contribution is -2.19. The van der Waals surface area contributed by atoms with Gasteiger partial charge in [0.05, 0.1) is 12.6 Å². The van der Waals surface area contributed by atoms with E-state index in [1.165, 1.54) is 16.9 Å². The molecule has 3 N–H and O–H groups in total. The minimum atomic E-state index is -0.277. The molecular formula is C19H19N5O2S. The van der Waals surface area contributed by atoms with Gasteiger partial charge in [0.1, 0.15) is 17.4 Å². The van der Waals surface area contributed by atoms with Crippen LogP contribution >= 0.6 is 11.3 Å². The highest BCUT2D eigenvalue weighted by Crippen LogP contribution is 2.14. The third-order valence-electron chi connectivity index (χ3n) is 3.60. The van der Waals surface area contributed by atoms with Gasteiger partial charge in [0.2, 0.25) is 11.0 Å². The van der Waals surface area contributed by atoms with Crippen LogP contribution < -0.4 is 15.9 Å². The average Bonchev–Trinajstić information content (AvgIpc) is 3.07. The van der Waals surface area contributed by atoms with Gasteiger partial charge in [0.25, 0.3) is 0 Å². The monoisotopic (exact) mass is 381 g/mol. The van der Waals surface area contributed by atoms with Crippen LogP contribution in [0.4, 0.5) is 5.13 Å². The average molecular weight is 381 g/mol. The summed E-state index contributed by atoms with van der Waals surface area (Å²) < 4.78 is 5.76. The van der Waals surface area contributed by atoms with Crippen molar-refractivity contribution in [3.63, 3.8) is 0 Å². The number of nitrogens with two attached hydrogens (primary N) is 1. The maximum absolute atomic E-state index is 11.8. The molecule has 3 aromatic rings. The maximum Gasteiger partial charge on any atom is 0.247 e. The fraction of sp³-hybridized carbons (Fsp3) is 0.158. The largest absolute Gasteiger partial charge is 0.489 e.